The van der Waals surface area contributed by atoms with Crippen LogP contribution in [0, 0.1) is 5.92 Å². The van der Waals surface area contributed by atoms with Crippen molar-refractivity contribution in [2.24, 2.45) is 10.9 Å². The first kappa shape index (κ1) is 21.1. The molecule has 1 amide bonds. The van der Waals surface area contributed by atoms with E-state index in [9.17, 15) is 13.2 Å². The lowest BCUT2D eigenvalue weighted by molar-refractivity contribution is 0.103. The molecule has 2 aromatic rings. The summed E-state index contributed by atoms with van der Waals surface area (Å²) in [5.74, 6) is 1.04. The minimum atomic E-state index is -3.67. The fourth-order valence-corrected chi connectivity index (χ4v) is 6.09. The van der Waals surface area contributed by atoms with Crippen LogP contribution in [0.1, 0.15) is 59.1 Å². The molecule has 0 spiro atoms. The van der Waals surface area contributed by atoms with Gasteiger partial charge in [0.2, 0.25) is 0 Å². The number of nitrogens with zero attached hydrogens (tertiary/aromatic N) is 1. The maximum Gasteiger partial charge on any atom is 0.265 e. The molecule has 2 heterocycles. The van der Waals surface area contributed by atoms with Gasteiger partial charge in [0.15, 0.2) is 0 Å². The smallest absolute Gasteiger partial charge is 0.265 e. The molecule has 1 aliphatic carbocycles. The molecule has 0 saturated carbocycles. The number of amidine groups is 1. The van der Waals surface area contributed by atoms with Gasteiger partial charge in [0.05, 0.1) is 9.77 Å². The van der Waals surface area contributed by atoms with Crippen LogP contribution in [0.2, 0.25) is 0 Å². The molecular formula is C22H27N3O3S2. The van der Waals surface area contributed by atoms with Crippen molar-refractivity contribution in [2.75, 3.05) is 11.9 Å². The van der Waals surface area contributed by atoms with E-state index in [0.29, 0.717) is 35.3 Å². The number of nitrogens with one attached hydrogen (secondary N) is 2. The number of hydrogen-bond acceptors (Lipinski definition) is 5. The Morgan fingerprint density at radius 3 is 2.73 bits per heavy atom. The predicted molar refractivity (Wildman–Crippen MR) is 121 cm³/mol. The molecule has 0 radical (unpaired) electrons. The van der Waals surface area contributed by atoms with Crippen molar-refractivity contribution in [1.29, 1.82) is 0 Å². The highest BCUT2D eigenvalue weighted by Gasteiger charge is 2.21. The monoisotopic (exact) mass is 445 g/mol. The molecule has 6 nitrogen and oxygen atoms in total. The van der Waals surface area contributed by atoms with Gasteiger partial charge < -0.3 is 5.32 Å². The normalized spacial score (nSPS) is 19.4. The Balaban J connectivity index is 1.42. The summed E-state index contributed by atoms with van der Waals surface area (Å²) in [7, 11) is -3.67. The molecule has 4 rings (SSSR count). The van der Waals surface area contributed by atoms with E-state index < -0.39 is 10.0 Å². The Labute approximate surface area is 181 Å². The first-order chi connectivity index (χ1) is 14.4. The molecule has 2 N–H and O–H groups in total. The van der Waals surface area contributed by atoms with Gasteiger partial charge in [-0.3, -0.25) is 14.5 Å². The van der Waals surface area contributed by atoms with Gasteiger partial charge in [-0.15, -0.1) is 11.3 Å². The standard InChI is InChI=1S/C22H27N3O3S2/c1-15-6-11-19-16(13-15)14-20(29-19)22(26)24-17-7-9-18(10-8-17)30(27,28)25-21-5-3-2-4-12-23-21/h7-10,14-15H,2-6,11-13H2,1H3,(H,23,25)(H,24,26). The lowest BCUT2D eigenvalue weighted by atomic mass is 9.90. The summed E-state index contributed by atoms with van der Waals surface area (Å²) in [5.41, 5.74) is 1.86. The summed E-state index contributed by atoms with van der Waals surface area (Å²) >= 11 is 1.56. The van der Waals surface area contributed by atoms with E-state index in [4.69, 9.17) is 0 Å². The Kier molecular flexibility index (Phi) is 6.24. The highest BCUT2D eigenvalue weighted by molar-refractivity contribution is 7.90. The molecule has 1 unspecified atom stereocenters. The number of thiophene rings is 1. The van der Waals surface area contributed by atoms with Gasteiger partial charge >= 0.3 is 0 Å². The third kappa shape index (κ3) is 4.92. The first-order valence-corrected chi connectivity index (χ1v) is 12.8. The number of rotatable bonds is 4. The zero-order valence-corrected chi connectivity index (χ0v) is 18.7. The number of aliphatic imine (C=N–C) groups is 1. The van der Waals surface area contributed by atoms with E-state index in [2.05, 4.69) is 22.0 Å². The molecule has 1 atom stereocenters. The van der Waals surface area contributed by atoms with Crippen LogP contribution in [-0.4, -0.2) is 26.7 Å². The van der Waals surface area contributed by atoms with E-state index in [0.717, 1.165) is 32.1 Å². The summed E-state index contributed by atoms with van der Waals surface area (Å²) in [6.07, 6.45) is 6.89. The van der Waals surface area contributed by atoms with Crippen molar-refractivity contribution < 1.29 is 13.2 Å². The zero-order valence-electron chi connectivity index (χ0n) is 17.1. The van der Waals surface area contributed by atoms with E-state index >= 15 is 0 Å². The topological polar surface area (TPSA) is 87.6 Å². The minimum Gasteiger partial charge on any atom is -0.321 e. The molecular weight excluding hydrogens is 418 g/mol. The van der Waals surface area contributed by atoms with Crippen molar-refractivity contribution in [3.63, 3.8) is 0 Å². The molecule has 0 saturated heterocycles. The molecule has 160 valence electrons. The highest BCUT2D eigenvalue weighted by Crippen LogP contribution is 2.32. The first-order valence-electron chi connectivity index (χ1n) is 10.5. The van der Waals surface area contributed by atoms with E-state index in [1.807, 2.05) is 6.07 Å². The Hall–Kier alpha value is -2.19. The lowest BCUT2D eigenvalue weighted by Crippen LogP contribution is -2.30. The van der Waals surface area contributed by atoms with E-state index in [-0.39, 0.29) is 10.8 Å². The molecule has 1 aromatic heterocycles. The lowest BCUT2D eigenvalue weighted by Gasteiger charge is -2.16. The molecule has 1 aliphatic heterocycles. The van der Waals surface area contributed by atoms with Crippen LogP contribution in [0.5, 0.6) is 0 Å². The summed E-state index contributed by atoms with van der Waals surface area (Å²) in [5, 5.41) is 2.88. The zero-order chi connectivity index (χ0) is 21.1. The van der Waals surface area contributed by atoms with Gasteiger partial charge in [-0.05, 0) is 73.9 Å². The van der Waals surface area contributed by atoms with Gasteiger partial charge in [-0.1, -0.05) is 13.3 Å². The molecule has 0 fully saturated rings. The number of sulfonamides is 1. The van der Waals surface area contributed by atoms with Crippen LogP contribution in [0.25, 0.3) is 0 Å². The number of aryl methyl sites for hydroxylation is 1. The van der Waals surface area contributed by atoms with E-state index in [1.165, 1.54) is 29.0 Å². The van der Waals surface area contributed by atoms with Crippen LogP contribution >= 0.6 is 11.3 Å². The Bertz CT molecular complexity index is 1060. The summed E-state index contributed by atoms with van der Waals surface area (Å²) in [6.45, 7) is 2.90. The SMILES string of the molecule is CC1CCc2sc(C(=O)Nc3ccc(S(=O)(=O)NC4=NCCCCC4)cc3)cc2C1. The van der Waals surface area contributed by atoms with Crippen molar-refractivity contribution in [3.05, 3.63) is 45.6 Å². The molecule has 8 heteroatoms. The number of benzene rings is 1. The largest absolute Gasteiger partial charge is 0.321 e. The van der Waals surface area contributed by atoms with Crippen LogP contribution in [0.4, 0.5) is 5.69 Å². The number of hydrogen-bond donors (Lipinski definition) is 2. The molecule has 1 aromatic carbocycles. The summed E-state index contributed by atoms with van der Waals surface area (Å²) < 4.78 is 27.9. The van der Waals surface area contributed by atoms with Gasteiger partial charge in [-0.25, -0.2) is 8.42 Å². The summed E-state index contributed by atoms with van der Waals surface area (Å²) in [4.78, 5) is 19.2. The van der Waals surface area contributed by atoms with Crippen LogP contribution in [0.15, 0.2) is 40.2 Å². The van der Waals surface area contributed by atoms with E-state index in [1.54, 1.807) is 23.5 Å². The van der Waals surface area contributed by atoms with Crippen molar-refractivity contribution in [2.45, 2.75) is 56.8 Å². The highest BCUT2D eigenvalue weighted by atomic mass is 32.2. The number of anilines is 1. The van der Waals surface area contributed by atoms with Crippen molar-refractivity contribution in [1.82, 2.24) is 4.72 Å². The second-order valence-electron chi connectivity index (χ2n) is 8.13. The number of carbonyl (C=O) groups excluding carboxylic acids is 1. The predicted octanol–water partition coefficient (Wildman–Crippen LogP) is 4.38. The van der Waals surface area contributed by atoms with Crippen LogP contribution < -0.4 is 10.0 Å². The number of fused-ring (bicyclic) bond motifs is 1. The quantitative estimate of drug-likeness (QED) is 0.732. The molecule has 2 aliphatic rings. The third-order valence-corrected chi connectivity index (χ3v) is 8.24. The Morgan fingerprint density at radius 1 is 1.13 bits per heavy atom. The molecule has 0 bridgehead atoms. The maximum absolute atomic E-state index is 12.6. The van der Waals surface area contributed by atoms with Crippen molar-refractivity contribution in [3.8, 4) is 0 Å². The molecule has 30 heavy (non-hydrogen) atoms. The van der Waals surface area contributed by atoms with Gasteiger partial charge in [-0.2, -0.15) is 0 Å². The third-order valence-electron chi connectivity index (χ3n) is 5.60. The van der Waals surface area contributed by atoms with Crippen LogP contribution in [-0.2, 0) is 22.9 Å². The number of carbonyl (C=O) groups is 1. The number of amides is 1. The maximum atomic E-state index is 12.6. The minimum absolute atomic E-state index is 0.149. The van der Waals surface area contributed by atoms with Crippen molar-refractivity contribution >= 4 is 38.8 Å². The summed E-state index contributed by atoms with van der Waals surface area (Å²) in [6, 6.07) is 8.27. The van der Waals surface area contributed by atoms with Gasteiger partial charge in [0.25, 0.3) is 15.9 Å². The Morgan fingerprint density at radius 2 is 1.93 bits per heavy atom. The fraction of sp³-hybridized carbons (Fsp3) is 0.455. The average molecular weight is 446 g/mol. The average Bonchev–Trinajstić information content (AvgIpc) is 2.97. The van der Waals surface area contributed by atoms with Crippen LogP contribution in [0.3, 0.4) is 0 Å². The second kappa shape index (κ2) is 8.89. The fourth-order valence-electron chi connectivity index (χ4n) is 3.90. The second-order valence-corrected chi connectivity index (χ2v) is 10.9. The van der Waals surface area contributed by atoms with Gasteiger partial charge in [0.1, 0.15) is 5.84 Å². The van der Waals surface area contributed by atoms with Gasteiger partial charge in [0, 0.05) is 23.5 Å².